The van der Waals surface area contributed by atoms with Crippen molar-refractivity contribution in [2.75, 3.05) is 13.4 Å². The molecule has 2 aliphatic rings. The fourth-order valence-electron chi connectivity index (χ4n) is 3.23. The van der Waals surface area contributed by atoms with Crippen molar-refractivity contribution in [3.8, 4) is 17.2 Å². The Morgan fingerprint density at radius 3 is 2.81 bits per heavy atom. The van der Waals surface area contributed by atoms with Gasteiger partial charge in [-0.3, -0.25) is 4.79 Å². The first-order chi connectivity index (χ1) is 14.7. The molecule has 2 aliphatic heterocycles. The van der Waals surface area contributed by atoms with Crippen LogP contribution in [0.15, 0.2) is 40.6 Å². The van der Waals surface area contributed by atoms with Crippen molar-refractivity contribution in [2.45, 2.75) is 33.0 Å². The van der Waals surface area contributed by atoms with Gasteiger partial charge in [0.25, 0.3) is 0 Å². The lowest BCUT2D eigenvalue weighted by molar-refractivity contribution is -0.157. The van der Waals surface area contributed by atoms with Gasteiger partial charge in [0.05, 0.1) is 12.2 Å². The largest absolute Gasteiger partial charge is 0.482 e. The molecule has 0 saturated heterocycles. The fraction of sp³-hybridized carbons (Fsp3) is 0.304. The van der Waals surface area contributed by atoms with Crippen LogP contribution in [0.1, 0.15) is 42.3 Å². The molecule has 7 nitrogen and oxygen atoms in total. The molecular formula is C23H21BrO7. The predicted molar refractivity (Wildman–Crippen MR) is 115 cm³/mol. The van der Waals surface area contributed by atoms with E-state index >= 15 is 0 Å². The molecule has 0 unspecified atom stereocenters. The molecule has 0 radical (unpaired) electrons. The number of hydrogen-bond acceptors (Lipinski definition) is 7. The quantitative estimate of drug-likeness (QED) is 0.457. The van der Waals surface area contributed by atoms with Gasteiger partial charge in [-0.2, -0.15) is 0 Å². The molecule has 2 heterocycles. The van der Waals surface area contributed by atoms with Crippen LogP contribution in [0.4, 0.5) is 0 Å². The topological polar surface area (TPSA) is 80.3 Å². The summed E-state index contributed by atoms with van der Waals surface area (Å²) in [5, 5.41) is 0. The van der Waals surface area contributed by atoms with Gasteiger partial charge in [-0.15, -0.1) is 0 Å². The van der Waals surface area contributed by atoms with Gasteiger partial charge in [0.1, 0.15) is 22.8 Å². The Labute approximate surface area is 188 Å². The Kier molecular flexibility index (Phi) is 5.77. The lowest BCUT2D eigenvalue weighted by Crippen LogP contribution is -2.27. The second kappa shape index (κ2) is 8.36. The minimum absolute atomic E-state index is 0.151. The zero-order valence-electron chi connectivity index (χ0n) is 17.3. The number of hydrogen-bond donors (Lipinski definition) is 0. The summed E-state index contributed by atoms with van der Waals surface area (Å²) in [6.45, 7) is 5.70. The van der Waals surface area contributed by atoms with E-state index in [1.165, 1.54) is 0 Å². The molecule has 8 heteroatoms. The van der Waals surface area contributed by atoms with Crippen LogP contribution in [0, 0.1) is 0 Å². The number of fused-ring (bicyclic) bond motifs is 2. The second-order valence-corrected chi connectivity index (χ2v) is 8.98. The smallest absolute Gasteiger partial charge is 0.344 e. The lowest BCUT2D eigenvalue weighted by atomic mass is 10.1. The van der Waals surface area contributed by atoms with E-state index in [4.69, 9.17) is 23.7 Å². The van der Waals surface area contributed by atoms with Crippen molar-refractivity contribution in [2.24, 2.45) is 0 Å². The highest BCUT2D eigenvalue weighted by molar-refractivity contribution is 9.10. The summed E-state index contributed by atoms with van der Waals surface area (Å²) in [7, 11) is 0. The summed E-state index contributed by atoms with van der Waals surface area (Å²) in [4.78, 5) is 24.7. The second-order valence-electron chi connectivity index (χ2n) is 8.07. The van der Waals surface area contributed by atoms with Gasteiger partial charge in [-0.05, 0) is 51.1 Å². The van der Waals surface area contributed by atoms with Crippen LogP contribution in [-0.2, 0) is 20.9 Å². The van der Waals surface area contributed by atoms with E-state index in [0.29, 0.717) is 35.0 Å². The van der Waals surface area contributed by atoms with Crippen LogP contribution in [0.25, 0.3) is 6.08 Å². The Morgan fingerprint density at radius 2 is 2.03 bits per heavy atom. The van der Waals surface area contributed by atoms with E-state index in [9.17, 15) is 9.59 Å². The number of rotatable bonds is 4. The van der Waals surface area contributed by atoms with Gasteiger partial charge >= 0.3 is 5.97 Å². The first kappa shape index (κ1) is 21.4. The average molecular weight is 489 g/mol. The summed E-state index contributed by atoms with van der Waals surface area (Å²) in [5.74, 6) is 0.888. The van der Waals surface area contributed by atoms with E-state index in [0.717, 1.165) is 10.0 Å². The predicted octanol–water partition coefficient (Wildman–Crippen LogP) is 4.65. The average Bonchev–Trinajstić information content (AvgIpc) is 3.00. The molecule has 0 fully saturated rings. The van der Waals surface area contributed by atoms with Gasteiger partial charge in [0.15, 0.2) is 19.2 Å². The molecule has 4 rings (SSSR count). The normalized spacial score (nSPS) is 16.3. The lowest BCUT2D eigenvalue weighted by Gasteiger charge is -2.20. The summed E-state index contributed by atoms with van der Waals surface area (Å²) >= 11 is 3.47. The summed E-state index contributed by atoms with van der Waals surface area (Å²) < 4.78 is 28.3. The molecule has 31 heavy (non-hydrogen) atoms. The van der Waals surface area contributed by atoms with Crippen LogP contribution >= 0.6 is 15.9 Å². The number of ketones is 1. The zero-order chi connectivity index (χ0) is 22.2. The number of carbonyl (C=O) groups excluding carboxylic acids is 2. The van der Waals surface area contributed by atoms with Crippen molar-refractivity contribution in [1.82, 2.24) is 0 Å². The third-order valence-corrected chi connectivity index (χ3v) is 4.87. The number of carbonyl (C=O) groups is 2. The van der Waals surface area contributed by atoms with E-state index in [-0.39, 0.29) is 24.9 Å². The van der Waals surface area contributed by atoms with E-state index in [2.05, 4.69) is 15.9 Å². The molecule has 2 aromatic carbocycles. The Balaban J connectivity index is 1.52. The Bertz CT molecular complexity index is 1080. The van der Waals surface area contributed by atoms with Crippen molar-refractivity contribution < 1.29 is 33.3 Å². The van der Waals surface area contributed by atoms with E-state index in [1.54, 1.807) is 45.0 Å². The molecule has 0 aliphatic carbocycles. The van der Waals surface area contributed by atoms with Crippen molar-refractivity contribution in [1.29, 1.82) is 0 Å². The number of Topliss-reactive ketones (excluding diaryl/α,β-unsaturated/α-hetero) is 1. The first-order valence-electron chi connectivity index (χ1n) is 9.65. The van der Waals surface area contributed by atoms with E-state index in [1.807, 2.05) is 12.1 Å². The monoisotopic (exact) mass is 488 g/mol. The first-order valence-corrected chi connectivity index (χ1v) is 10.4. The molecule has 2 aromatic rings. The van der Waals surface area contributed by atoms with Gasteiger partial charge in [0, 0.05) is 21.7 Å². The van der Waals surface area contributed by atoms with Gasteiger partial charge in [-0.1, -0.05) is 15.9 Å². The minimum Gasteiger partial charge on any atom is -0.482 e. The van der Waals surface area contributed by atoms with Crippen LogP contribution in [0.3, 0.4) is 0 Å². The summed E-state index contributed by atoms with van der Waals surface area (Å²) in [6.07, 6.45) is 1.65. The molecule has 162 valence electrons. The van der Waals surface area contributed by atoms with Crippen LogP contribution in [0.5, 0.6) is 17.2 Å². The molecule has 0 N–H and O–H groups in total. The SMILES string of the molecule is CC(C)(C)OC(=O)COc1ccc2c(c1)OC(=Cc1cc(Br)cc3c1OCOC3)C2=O. The number of halogens is 1. The van der Waals surface area contributed by atoms with Crippen molar-refractivity contribution >= 4 is 33.8 Å². The van der Waals surface area contributed by atoms with Crippen LogP contribution in [-0.4, -0.2) is 30.8 Å². The molecule has 0 saturated carbocycles. The zero-order valence-corrected chi connectivity index (χ0v) is 18.9. The number of allylic oxidation sites excluding steroid dienone is 1. The summed E-state index contributed by atoms with van der Waals surface area (Å²) in [5.41, 5.74) is 1.43. The van der Waals surface area contributed by atoms with Gasteiger partial charge in [0.2, 0.25) is 5.78 Å². The Morgan fingerprint density at radius 1 is 1.23 bits per heavy atom. The van der Waals surface area contributed by atoms with E-state index < -0.39 is 11.6 Å². The number of esters is 1. The highest BCUT2D eigenvalue weighted by atomic mass is 79.9. The van der Waals surface area contributed by atoms with Gasteiger partial charge in [-0.25, -0.2) is 4.79 Å². The van der Waals surface area contributed by atoms with Crippen LogP contribution < -0.4 is 14.2 Å². The van der Waals surface area contributed by atoms with Gasteiger partial charge < -0.3 is 23.7 Å². The highest BCUT2D eigenvalue weighted by Crippen LogP contribution is 2.38. The van der Waals surface area contributed by atoms with Crippen LogP contribution in [0.2, 0.25) is 0 Å². The maximum atomic E-state index is 12.8. The van der Waals surface area contributed by atoms with Crippen molar-refractivity contribution in [3.05, 3.63) is 57.3 Å². The third-order valence-electron chi connectivity index (χ3n) is 4.41. The standard InChI is InChI=1S/C23H21BrO7/c1-23(2,3)31-20(25)11-28-16-4-5-17-18(9-16)30-19(21(17)26)8-13-6-15(24)7-14-10-27-12-29-22(13)14/h4-9H,10-12H2,1-3H3. The molecule has 0 bridgehead atoms. The maximum absolute atomic E-state index is 12.8. The number of ether oxygens (including phenoxy) is 5. The Hall–Kier alpha value is -2.84. The molecule has 0 atom stereocenters. The molecule has 0 aromatic heterocycles. The van der Waals surface area contributed by atoms with Crippen molar-refractivity contribution in [3.63, 3.8) is 0 Å². The minimum atomic E-state index is -0.588. The number of benzene rings is 2. The summed E-state index contributed by atoms with van der Waals surface area (Å²) in [6, 6.07) is 8.58. The molecule has 0 amide bonds. The molecular weight excluding hydrogens is 468 g/mol. The third kappa shape index (κ3) is 4.91. The maximum Gasteiger partial charge on any atom is 0.344 e. The molecule has 0 spiro atoms. The fourth-order valence-corrected chi connectivity index (χ4v) is 3.75. The highest BCUT2D eigenvalue weighted by Gasteiger charge is 2.29.